The maximum atomic E-state index is 13.4. The third-order valence-corrected chi connectivity index (χ3v) is 7.48. The summed E-state index contributed by atoms with van der Waals surface area (Å²) in [7, 11) is -3.75. The van der Waals surface area contributed by atoms with E-state index in [1.807, 2.05) is 6.07 Å². The number of hydrogen-bond acceptors (Lipinski definition) is 6. The number of nitrogens with one attached hydrogen (secondary N) is 1. The van der Waals surface area contributed by atoms with Gasteiger partial charge in [-0.1, -0.05) is 18.6 Å². The molecule has 1 N–H and O–H groups in total. The summed E-state index contributed by atoms with van der Waals surface area (Å²) in [5.74, 6) is -0.526. The lowest BCUT2D eigenvalue weighted by Crippen LogP contribution is -2.38. The van der Waals surface area contributed by atoms with E-state index in [1.54, 1.807) is 18.5 Å². The fourth-order valence-electron chi connectivity index (χ4n) is 3.91. The molecule has 2 heterocycles. The average molecular weight is 467 g/mol. The van der Waals surface area contributed by atoms with Crippen molar-refractivity contribution >= 4 is 27.3 Å². The molecule has 2 aromatic carbocycles. The van der Waals surface area contributed by atoms with Gasteiger partial charge in [0.15, 0.2) is 0 Å². The number of nitro groups is 1. The Morgan fingerprint density at radius 2 is 1.88 bits per heavy atom. The Kier molecular flexibility index (Phi) is 6.47. The zero-order chi connectivity index (χ0) is 23.4. The van der Waals surface area contributed by atoms with Crippen LogP contribution in [0.15, 0.2) is 78.0 Å². The van der Waals surface area contributed by atoms with Gasteiger partial charge in [0, 0.05) is 42.3 Å². The standard InChI is InChI=1S/C23H22N4O5S/c28-23(17-5-3-7-20(15-17)27(29)30)25-19-9-11-21(12-10-19)33(31,32)26-14-2-1-8-22(26)18-6-4-13-24-16-18/h3-7,9-13,15-16,22H,1-2,8,14H2,(H,25,28). The van der Waals surface area contributed by atoms with E-state index < -0.39 is 20.9 Å². The molecule has 0 aliphatic carbocycles. The van der Waals surface area contributed by atoms with Crippen LogP contribution in [0.25, 0.3) is 0 Å². The van der Waals surface area contributed by atoms with Crippen molar-refractivity contribution in [1.82, 2.24) is 9.29 Å². The van der Waals surface area contributed by atoms with E-state index in [2.05, 4.69) is 10.3 Å². The zero-order valence-electron chi connectivity index (χ0n) is 17.6. The van der Waals surface area contributed by atoms with E-state index >= 15 is 0 Å². The highest BCUT2D eigenvalue weighted by Gasteiger charge is 2.34. The number of carbonyl (C=O) groups is 1. The Labute approximate surface area is 191 Å². The second-order valence-electron chi connectivity index (χ2n) is 7.70. The first-order valence-corrected chi connectivity index (χ1v) is 11.9. The molecule has 33 heavy (non-hydrogen) atoms. The number of nitro benzene ring substituents is 1. The molecule has 3 aromatic rings. The number of aromatic nitrogens is 1. The largest absolute Gasteiger partial charge is 0.322 e. The van der Waals surface area contributed by atoms with E-state index in [0.717, 1.165) is 24.8 Å². The average Bonchev–Trinajstić information content (AvgIpc) is 2.85. The number of hydrogen-bond donors (Lipinski definition) is 1. The monoisotopic (exact) mass is 466 g/mol. The highest BCUT2D eigenvalue weighted by molar-refractivity contribution is 7.89. The fraction of sp³-hybridized carbons (Fsp3) is 0.217. The highest BCUT2D eigenvalue weighted by atomic mass is 32.2. The topological polar surface area (TPSA) is 123 Å². The lowest BCUT2D eigenvalue weighted by molar-refractivity contribution is -0.384. The molecule has 1 aliphatic heterocycles. The van der Waals surface area contributed by atoms with Crippen LogP contribution in [0.1, 0.15) is 41.2 Å². The van der Waals surface area contributed by atoms with Crippen molar-refractivity contribution in [3.63, 3.8) is 0 Å². The van der Waals surface area contributed by atoms with Gasteiger partial charge in [-0.3, -0.25) is 19.9 Å². The number of rotatable bonds is 6. The van der Waals surface area contributed by atoms with Crippen molar-refractivity contribution in [2.75, 3.05) is 11.9 Å². The van der Waals surface area contributed by atoms with Crippen LogP contribution in [-0.2, 0) is 10.0 Å². The molecule has 0 bridgehead atoms. The molecule has 1 aromatic heterocycles. The number of pyridine rings is 1. The molecule has 1 saturated heterocycles. The molecule has 4 rings (SSSR count). The third kappa shape index (κ3) is 4.91. The van der Waals surface area contributed by atoms with Gasteiger partial charge in [-0.15, -0.1) is 0 Å². The number of carbonyl (C=O) groups excluding carboxylic acids is 1. The van der Waals surface area contributed by atoms with Gasteiger partial charge in [-0.05, 0) is 54.8 Å². The molecule has 10 heteroatoms. The molecule has 0 saturated carbocycles. The summed E-state index contributed by atoms with van der Waals surface area (Å²) in [6, 6.07) is 14.7. The van der Waals surface area contributed by atoms with Gasteiger partial charge in [0.05, 0.1) is 15.9 Å². The Morgan fingerprint density at radius 1 is 1.09 bits per heavy atom. The Balaban J connectivity index is 1.52. The molecule has 0 radical (unpaired) electrons. The number of piperidine rings is 1. The molecule has 1 unspecified atom stereocenters. The molecule has 0 spiro atoms. The summed E-state index contributed by atoms with van der Waals surface area (Å²) in [5.41, 5.74) is 1.19. The van der Waals surface area contributed by atoms with E-state index in [1.165, 1.54) is 52.8 Å². The zero-order valence-corrected chi connectivity index (χ0v) is 18.4. The van der Waals surface area contributed by atoms with Crippen LogP contribution < -0.4 is 5.32 Å². The highest BCUT2D eigenvalue weighted by Crippen LogP contribution is 2.35. The Morgan fingerprint density at radius 3 is 2.58 bits per heavy atom. The Bertz CT molecular complexity index is 1260. The molecule has 1 amide bonds. The normalized spacial score (nSPS) is 16.8. The molecule has 1 atom stereocenters. The van der Waals surface area contributed by atoms with Crippen molar-refractivity contribution in [2.24, 2.45) is 0 Å². The summed E-state index contributed by atoms with van der Waals surface area (Å²) in [6.45, 7) is 0.424. The number of amides is 1. The van der Waals surface area contributed by atoms with Crippen LogP contribution in [0.2, 0.25) is 0 Å². The molecule has 1 fully saturated rings. The molecule has 170 valence electrons. The van der Waals surface area contributed by atoms with Crippen molar-refractivity contribution in [3.05, 3.63) is 94.3 Å². The quantitative estimate of drug-likeness (QED) is 0.430. The van der Waals surface area contributed by atoms with Crippen molar-refractivity contribution in [1.29, 1.82) is 0 Å². The van der Waals surface area contributed by atoms with Crippen LogP contribution >= 0.6 is 0 Å². The van der Waals surface area contributed by atoms with E-state index in [4.69, 9.17) is 0 Å². The summed E-state index contributed by atoms with van der Waals surface area (Å²) >= 11 is 0. The predicted molar refractivity (Wildman–Crippen MR) is 122 cm³/mol. The minimum atomic E-state index is -3.75. The second kappa shape index (κ2) is 9.47. The number of anilines is 1. The van der Waals surface area contributed by atoms with Crippen molar-refractivity contribution in [2.45, 2.75) is 30.2 Å². The van der Waals surface area contributed by atoms with Gasteiger partial charge in [-0.25, -0.2) is 8.42 Å². The lowest BCUT2D eigenvalue weighted by Gasteiger charge is -2.34. The fourth-order valence-corrected chi connectivity index (χ4v) is 5.59. The third-order valence-electron chi connectivity index (χ3n) is 5.56. The van der Waals surface area contributed by atoms with Crippen molar-refractivity contribution < 1.29 is 18.1 Å². The second-order valence-corrected chi connectivity index (χ2v) is 9.59. The molecule has 9 nitrogen and oxygen atoms in total. The Hall–Kier alpha value is -3.63. The van der Waals surface area contributed by atoms with Gasteiger partial charge < -0.3 is 5.32 Å². The minimum Gasteiger partial charge on any atom is -0.322 e. The van der Waals surface area contributed by atoms with E-state index in [9.17, 15) is 23.3 Å². The van der Waals surface area contributed by atoms with E-state index in [0.29, 0.717) is 12.2 Å². The van der Waals surface area contributed by atoms with Gasteiger partial charge in [0.1, 0.15) is 0 Å². The SMILES string of the molecule is O=C(Nc1ccc(S(=O)(=O)N2CCCCC2c2cccnc2)cc1)c1cccc([N+](=O)[O-])c1. The maximum absolute atomic E-state index is 13.4. The molecular formula is C23H22N4O5S. The van der Waals surface area contributed by atoms with Crippen LogP contribution in [0.4, 0.5) is 11.4 Å². The smallest absolute Gasteiger partial charge is 0.270 e. The van der Waals surface area contributed by atoms with Gasteiger partial charge >= 0.3 is 0 Å². The minimum absolute atomic E-state index is 0.131. The maximum Gasteiger partial charge on any atom is 0.270 e. The van der Waals surface area contributed by atoms with Crippen LogP contribution in [0.3, 0.4) is 0 Å². The van der Waals surface area contributed by atoms with Crippen LogP contribution in [-0.4, -0.2) is 35.1 Å². The number of non-ortho nitro benzene ring substituents is 1. The number of sulfonamides is 1. The first-order valence-electron chi connectivity index (χ1n) is 10.4. The first kappa shape index (κ1) is 22.6. The van der Waals surface area contributed by atoms with E-state index in [-0.39, 0.29) is 22.2 Å². The lowest BCUT2D eigenvalue weighted by atomic mass is 9.99. The van der Waals surface area contributed by atoms with Crippen LogP contribution in [0.5, 0.6) is 0 Å². The van der Waals surface area contributed by atoms with Crippen molar-refractivity contribution in [3.8, 4) is 0 Å². The van der Waals surface area contributed by atoms with Gasteiger partial charge in [-0.2, -0.15) is 4.31 Å². The first-order chi connectivity index (χ1) is 15.9. The number of benzene rings is 2. The van der Waals surface area contributed by atoms with Gasteiger partial charge in [0.25, 0.3) is 11.6 Å². The summed E-state index contributed by atoms with van der Waals surface area (Å²) in [6.07, 6.45) is 5.81. The predicted octanol–water partition coefficient (Wildman–Crippen LogP) is 4.16. The molecular weight excluding hydrogens is 444 g/mol. The summed E-state index contributed by atoms with van der Waals surface area (Å²) < 4.78 is 28.3. The summed E-state index contributed by atoms with van der Waals surface area (Å²) in [4.78, 5) is 27.1. The molecule has 1 aliphatic rings. The number of nitrogens with zero attached hydrogens (tertiary/aromatic N) is 3. The summed E-state index contributed by atoms with van der Waals surface area (Å²) in [5, 5.41) is 13.6. The van der Waals surface area contributed by atoms with Gasteiger partial charge in [0.2, 0.25) is 10.0 Å². The van der Waals surface area contributed by atoms with Crippen LogP contribution in [0, 0.1) is 10.1 Å².